The summed E-state index contributed by atoms with van der Waals surface area (Å²) in [4.78, 5) is 26.7. The van der Waals surface area contributed by atoms with Crippen molar-refractivity contribution >= 4 is 29.1 Å². The molecule has 1 aromatic heterocycles. The van der Waals surface area contributed by atoms with Crippen LogP contribution in [0, 0.1) is 0 Å². The first-order valence-corrected chi connectivity index (χ1v) is 7.81. The molecule has 0 unspecified atom stereocenters. The Bertz CT molecular complexity index is 728. The Hall–Kier alpha value is -2.35. The van der Waals surface area contributed by atoms with Gasteiger partial charge in [0, 0.05) is 17.4 Å². The molecule has 1 amide bonds. The summed E-state index contributed by atoms with van der Waals surface area (Å²) < 4.78 is 37.3. The predicted molar refractivity (Wildman–Crippen MR) is 85.0 cm³/mol. The van der Waals surface area contributed by atoms with E-state index in [1.807, 2.05) is 0 Å². The quantitative estimate of drug-likeness (QED) is 0.650. The van der Waals surface area contributed by atoms with Crippen LogP contribution in [-0.2, 0) is 11.0 Å². The second-order valence-electron chi connectivity index (χ2n) is 4.85. The summed E-state index contributed by atoms with van der Waals surface area (Å²) in [6, 6.07) is 8.56. The van der Waals surface area contributed by atoms with Crippen LogP contribution in [-0.4, -0.2) is 22.4 Å². The Balaban J connectivity index is 1.87. The number of nitrogens with one attached hydrogen (secondary N) is 1. The number of alkyl halides is 3. The largest absolute Gasteiger partial charge is 0.417 e. The molecular formula is C16H13F3N2O2S. The van der Waals surface area contributed by atoms with Crippen LogP contribution < -0.4 is 5.32 Å². The van der Waals surface area contributed by atoms with Crippen molar-refractivity contribution in [3.8, 4) is 0 Å². The summed E-state index contributed by atoms with van der Waals surface area (Å²) in [7, 11) is 0. The molecule has 2 aromatic rings. The highest BCUT2D eigenvalue weighted by molar-refractivity contribution is 7.99. The summed E-state index contributed by atoms with van der Waals surface area (Å²) in [5.41, 5.74) is 0.240. The number of hydrogen-bond acceptors (Lipinski definition) is 4. The summed E-state index contributed by atoms with van der Waals surface area (Å²) >= 11 is 1.03. The van der Waals surface area contributed by atoms with E-state index in [0.29, 0.717) is 16.3 Å². The smallest absolute Gasteiger partial charge is 0.325 e. The number of amides is 1. The molecule has 1 N–H and O–H groups in total. The minimum Gasteiger partial charge on any atom is -0.325 e. The number of pyridine rings is 1. The van der Waals surface area contributed by atoms with Crippen LogP contribution in [0.25, 0.3) is 0 Å². The van der Waals surface area contributed by atoms with Crippen LogP contribution in [0.3, 0.4) is 0 Å². The third-order valence-corrected chi connectivity index (χ3v) is 3.93. The summed E-state index contributed by atoms with van der Waals surface area (Å²) in [6.07, 6.45) is -3.69. The predicted octanol–water partition coefficient (Wildman–Crippen LogP) is 4.03. The van der Waals surface area contributed by atoms with Crippen molar-refractivity contribution in [1.82, 2.24) is 4.98 Å². The van der Waals surface area contributed by atoms with E-state index >= 15 is 0 Å². The molecule has 0 saturated carbocycles. The lowest BCUT2D eigenvalue weighted by atomic mass is 10.1. The van der Waals surface area contributed by atoms with Crippen LogP contribution >= 0.6 is 11.8 Å². The number of anilines is 1. The Labute approximate surface area is 140 Å². The van der Waals surface area contributed by atoms with Gasteiger partial charge in [-0.3, -0.25) is 9.59 Å². The molecule has 0 aliphatic carbocycles. The van der Waals surface area contributed by atoms with E-state index in [-0.39, 0.29) is 17.4 Å². The highest BCUT2D eigenvalue weighted by Gasteiger charge is 2.30. The zero-order chi connectivity index (χ0) is 17.7. The van der Waals surface area contributed by atoms with Gasteiger partial charge in [-0.1, -0.05) is 11.8 Å². The van der Waals surface area contributed by atoms with Gasteiger partial charge in [-0.25, -0.2) is 4.98 Å². The summed E-state index contributed by atoms with van der Waals surface area (Å²) in [6.45, 7) is 1.45. The first-order valence-electron chi connectivity index (χ1n) is 6.82. The Morgan fingerprint density at radius 1 is 1.12 bits per heavy atom. The second kappa shape index (κ2) is 7.48. The Morgan fingerprint density at radius 3 is 2.29 bits per heavy atom. The van der Waals surface area contributed by atoms with E-state index in [2.05, 4.69) is 10.3 Å². The van der Waals surface area contributed by atoms with E-state index < -0.39 is 11.7 Å². The number of Topliss-reactive ketones (excluding diaryl/α,β-unsaturated/α-hetero) is 1. The van der Waals surface area contributed by atoms with Crippen molar-refractivity contribution in [2.24, 2.45) is 0 Å². The van der Waals surface area contributed by atoms with Gasteiger partial charge in [0.05, 0.1) is 16.3 Å². The first-order chi connectivity index (χ1) is 11.3. The van der Waals surface area contributed by atoms with Crippen LogP contribution in [0.1, 0.15) is 22.8 Å². The number of nitrogens with zero attached hydrogens (tertiary/aromatic N) is 1. The van der Waals surface area contributed by atoms with Gasteiger partial charge in [0.2, 0.25) is 5.91 Å². The van der Waals surface area contributed by atoms with Gasteiger partial charge < -0.3 is 5.32 Å². The van der Waals surface area contributed by atoms with E-state index in [0.717, 1.165) is 24.0 Å². The average Bonchev–Trinajstić information content (AvgIpc) is 2.53. The van der Waals surface area contributed by atoms with Crippen molar-refractivity contribution in [3.05, 3.63) is 53.7 Å². The maximum absolute atomic E-state index is 12.4. The van der Waals surface area contributed by atoms with Crippen molar-refractivity contribution < 1.29 is 22.8 Å². The molecular weight excluding hydrogens is 341 g/mol. The summed E-state index contributed by atoms with van der Waals surface area (Å²) in [5, 5.41) is 2.96. The van der Waals surface area contributed by atoms with Crippen LogP contribution in [0.2, 0.25) is 0 Å². The molecule has 1 aromatic carbocycles. The molecule has 0 fully saturated rings. The molecule has 0 bridgehead atoms. The van der Waals surface area contributed by atoms with Crippen LogP contribution in [0.4, 0.5) is 18.9 Å². The van der Waals surface area contributed by atoms with Gasteiger partial charge in [0.25, 0.3) is 0 Å². The fourth-order valence-corrected chi connectivity index (χ4v) is 2.40. The van der Waals surface area contributed by atoms with Gasteiger partial charge in [0.15, 0.2) is 5.78 Å². The molecule has 8 heteroatoms. The molecule has 0 aliphatic rings. The van der Waals surface area contributed by atoms with Gasteiger partial charge >= 0.3 is 6.18 Å². The van der Waals surface area contributed by atoms with Crippen molar-refractivity contribution in [2.45, 2.75) is 18.1 Å². The third kappa shape index (κ3) is 5.09. The lowest BCUT2D eigenvalue weighted by Crippen LogP contribution is -2.14. The van der Waals surface area contributed by atoms with Crippen LogP contribution in [0.15, 0.2) is 47.6 Å². The number of hydrogen-bond donors (Lipinski definition) is 1. The highest BCUT2D eigenvalue weighted by atomic mass is 32.2. The zero-order valence-electron chi connectivity index (χ0n) is 12.6. The molecule has 2 rings (SSSR count). The van der Waals surface area contributed by atoms with Gasteiger partial charge in [-0.15, -0.1) is 0 Å². The number of ketones is 1. The van der Waals surface area contributed by atoms with Gasteiger partial charge in [0.1, 0.15) is 0 Å². The second-order valence-corrected chi connectivity index (χ2v) is 5.85. The molecule has 0 atom stereocenters. The zero-order valence-corrected chi connectivity index (χ0v) is 13.4. The number of aromatic nitrogens is 1. The minimum absolute atomic E-state index is 0.00677. The van der Waals surface area contributed by atoms with E-state index in [1.165, 1.54) is 13.0 Å². The molecule has 0 spiro atoms. The molecule has 0 aliphatic heterocycles. The fraction of sp³-hybridized carbons (Fsp3) is 0.188. The normalized spacial score (nSPS) is 11.2. The standard InChI is InChI=1S/C16H13F3N2O2S/c1-10(22)11-2-5-13(6-3-11)21-14(23)9-24-15-7-4-12(8-20-15)16(17,18)19/h2-8H,9H2,1H3,(H,21,23). The number of halogens is 3. The first kappa shape index (κ1) is 18.0. The van der Waals surface area contributed by atoms with Crippen molar-refractivity contribution in [1.29, 1.82) is 0 Å². The highest BCUT2D eigenvalue weighted by Crippen LogP contribution is 2.29. The van der Waals surface area contributed by atoms with E-state index in [9.17, 15) is 22.8 Å². The van der Waals surface area contributed by atoms with Crippen LogP contribution in [0.5, 0.6) is 0 Å². The van der Waals surface area contributed by atoms with Gasteiger partial charge in [-0.2, -0.15) is 13.2 Å². The molecule has 1 heterocycles. The summed E-state index contributed by atoms with van der Waals surface area (Å²) in [5.74, 6) is -0.388. The number of rotatable bonds is 5. The van der Waals surface area contributed by atoms with Gasteiger partial charge in [-0.05, 0) is 43.3 Å². The molecule has 24 heavy (non-hydrogen) atoms. The van der Waals surface area contributed by atoms with E-state index in [1.54, 1.807) is 24.3 Å². The SMILES string of the molecule is CC(=O)c1ccc(NC(=O)CSc2ccc(C(F)(F)F)cn2)cc1. The number of carbonyl (C=O) groups excluding carboxylic acids is 2. The Morgan fingerprint density at radius 2 is 1.79 bits per heavy atom. The Kier molecular flexibility index (Phi) is 5.61. The maximum atomic E-state index is 12.4. The molecule has 0 radical (unpaired) electrons. The van der Waals surface area contributed by atoms with E-state index in [4.69, 9.17) is 0 Å². The molecule has 0 saturated heterocycles. The molecule has 126 valence electrons. The lowest BCUT2D eigenvalue weighted by Gasteiger charge is -2.07. The number of benzene rings is 1. The maximum Gasteiger partial charge on any atom is 0.417 e. The van der Waals surface area contributed by atoms with Crippen molar-refractivity contribution in [3.63, 3.8) is 0 Å². The minimum atomic E-state index is -4.43. The lowest BCUT2D eigenvalue weighted by molar-refractivity contribution is -0.137. The fourth-order valence-electron chi connectivity index (χ4n) is 1.76. The number of thioether (sulfide) groups is 1. The van der Waals surface area contributed by atoms with Crippen molar-refractivity contribution in [2.75, 3.05) is 11.1 Å². The topological polar surface area (TPSA) is 59.1 Å². The average molecular weight is 354 g/mol. The number of carbonyl (C=O) groups is 2. The molecule has 4 nitrogen and oxygen atoms in total. The monoisotopic (exact) mass is 354 g/mol. The third-order valence-electron chi connectivity index (χ3n) is 2.99.